The lowest BCUT2D eigenvalue weighted by Crippen LogP contribution is -2.08. The van der Waals surface area contributed by atoms with Crippen LogP contribution in [0.4, 0.5) is 5.69 Å². The molecule has 3 aromatic rings. The van der Waals surface area contributed by atoms with E-state index in [0.717, 1.165) is 0 Å². The second kappa shape index (κ2) is 3.69. The molecule has 2 N–H and O–H groups in total. The molecule has 2 heterocycles. The fraction of sp³-hybridized carbons (Fsp3) is 0. The maximum atomic E-state index is 12.1. The number of nitrogen functional groups attached to an aromatic ring is 1. The van der Waals surface area contributed by atoms with Crippen molar-refractivity contribution in [3.8, 4) is 0 Å². The molecule has 0 saturated carbocycles. The number of esters is 2. The molecule has 21 heavy (non-hydrogen) atoms. The average molecular weight is 281 g/mol. The van der Waals surface area contributed by atoms with Gasteiger partial charge in [0.15, 0.2) is 0 Å². The highest BCUT2D eigenvalue weighted by Crippen LogP contribution is 2.34. The van der Waals surface area contributed by atoms with Crippen LogP contribution in [0.25, 0.3) is 21.7 Å². The Morgan fingerprint density at radius 2 is 1.71 bits per heavy atom. The first-order valence-corrected chi connectivity index (χ1v) is 6.12. The Labute approximate surface area is 116 Å². The van der Waals surface area contributed by atoms with Crippen LogP contribution in [0.1, 0.15) is 20.7 Å². The standard InChI is InChI=1S/C15H7NO5/c16-12-10-7(5-8-11(12)15(19)21-13(8)17)6-3-1-2-4-9(6)20-14(10)18/h1-5H,16H2. The molecule has 4 rings (SSSR count). The van der Waals surface area contributed by atoms with Gasteiger partial charge in [-0.1, -0.05) is 18.2 Å². The molecule has 6 heteroatoms. The van der Waals surface area contributed by atoms with E-state index in [-0.39, 0.29) is 22.2 Å². The smallest absolute Gasteiger partial charge is 0.349 e. The summed E-state index contributed by atoms with van der Waals surface area (Å²) in [7, 11) is 0. The lowest BCUT2D eigenvalue weighted by Gasteiger charge is -2.06. The molecule has 6 nitrogen and oxygen atoms in total. The first-order chi connectivity index (χ1) is 10.1. The maximum Gasteiger partial charge on any atom is 0.349 e. The number of anilines is 1. The van der Waals surface area contributed by atoms with E-state index in [9.17, 15) is 14.4 Å². The SMILES string of the molecule is Nc1c2c(cc3c1c(=O)oc1ccccc13)C(=O)OC2=O. The maximum absolute atomic E-state index is 12.1. The Morgan fingerprint density at radius 3 is 2.52 bits per heavy atom. The molecular formula is C15H7NO5. The normalized spacial score (nSPS) is 13.7. The lowest BCUT2D eigenvalue weighted by atomic mass is 9.98. The topological polar surface area (TPSA) is 99.6 Å². The Morgan fingerprint density at radius 1 is 0.952 bits per heavy atom. The van der Waals surface area contributed by atoms with Crippen LogP contribution in [0, 0.1) is 0 Å². The van der Waals surface area contributed by atoms with E-state index < -0.39 is 17.6 Å². The molecule has 0 unspecified atom stereocenters. The fourth-order valence-electron chi connectivity index (χ4n) is 2.64. The van der Waals surface area contributed by atoms with E-state index in [1.807, 2.05) is 0 Å². The molecular weight excluding hydrogens is 274 g/mol. The monoisotopic (exact) mass is 281 g/mol. The molecule has 102 valence electrons. The number of nitrogens with two attached hydrogens (primary N) is 1. The van der Waals surface area contributed by atoms with E-state index in [1.165, 1.54) is 6.07 Å². The molecule has 2 aromatic carbocycles. The Hall–Kier alpha value is -3.15. The van der Waals surface area contributed by atoms with Gasteiger partial charge in [-0.25, -0.2) is 14.4 Å². The second-order valence-corrected chi connectivity index (χ2v) is 4.70. The molecule has 0 bridgehead atoms. The number of fused-ring (bicyclic) bond motifs is 4. The second-order valence-electron chi connectivity index (χ2n) is 4.70. The molecule has 0 atom stereocenters. The predicted molar refractivity (Wildman–Crippen MR) is 74.1 cm³/mol. The number of carbonyl (C=O) groups excluding carboxylic acids is 2. The van der Waals surface area contributed by atoms with Crippen molar-refractivity contribution in [2.75, 3.05) is 5.73 Å². The zero-order valence-corrected chi connectivity index (χ0v) is 10.5. The highest BCUT2D eigenvalue weighted by atomic mass is 16.6. The van der Waals surface area contributed by atoms with Crippen LogP contribution in [0.3, 0.4) is 0 Å². The lowest BCUT2D eigenvalue weighted by molar-refractivity contribution is 0.0444. The minimum atomic E-state index is -0.845. The van der Waals surface area contributed by atoms with Gasteiger partial charge >= 0.3 is 17.6 Å². The Bertz CT molecular complexity index is 1030. The van der Waals surface area contributed by atoms with Crippen LogP contribution in [0.2, 0.25) is 0 Å². The van der Waals surface area contributed by atoms with E-state index in [1.54, 1.807) is 24.3 Å². The Balaban J connectivity index is 2.33. The summed E-state index contributed by atoms with van der Waals surface area (Å²) in [5.74, 6) is -1.61. The number of para-hydroxylation sites is 1. The molecule has 0 aliphatic carbocycles. The fourth-order valence-corrected chi connectivity index (χ4v) is 2.64. The van der Waals surface area contributed by atoms with Crippen LogP contribution in [-0.4, -0.2) is 11.9 Å². The molecule has 1 aromatic heterocycles. The van der Waals surface area contributed by atoms with Gasteiger partial charge in [-0.3, -0.25) is 0 Å². The quantitative estimate of drug-likeness (QED) is 0.222. The van der Waals surface area contributed by atoms with Crippen molar-refractivity contribution in [3.63, 3.8) is 0 Å². The summed E-state index contributed by atoms with van der Waals surface area (Å²) in [6, 6.07) is 8.34. The molecule has 0 radical (unpaired) electrons. The molecule has 0 fully saturated rings. The first-order valence-electron chi connectivity index (χ1n) is 6.12. The number of cyclic esters (lactones) is 2. The van der Waals surface area contributed by atoms with Gasteiger partial charge in [0.1, 0.15) is 5.58 Å². The van der Waals surface area contributed by atoms with Crippen LogP contribution in [0.15, 0.2) is 39.5 Å². The van der Waals surface area contributed by atoms with Crippen LogP contribution in [-0.2, 0) is 4.74 Å². The number of ether oxygens (including phenoxy) is 1. The van der Waals surface area contributed by atoms with Crippen molar-refractivity contribution in [2.45, 2.75) is 0 Å². The van der Waals surface area contributed by atoms with E-state index in [0.29, 0.717) is 16.4 Å². The number of benzene rings is 2. The summed E-state index contributed by atoms with van der Waals surface area (Å²) in [5.41, 5.74) is 5.54. The molecule has 0 saturated heterocycles. The first kappa shape index (κ1) is 11.7. The van der Waals surface area contributed by atoms with Gasteiger partial charge in [0.2, 0.25) is 0 Å². The van der Waals surface area contributed by atoms with E-state index in [2.05, 4.69) is 4.74 Å². The molecule has 0 spiro atoms. The van der Waals surface area contributed by atoms with Gasteiger partial charge in [0.05, 0.1) is 22.2 Å². The zero-order valence-electron chi connectivity index (χ0n) is 10.5. The predicted octanol–water partition coefficient (Wildman–Crippen LogP) is 1.84. The highest BCUT2D eigenvalue weighted by Gasteiger charge is 2.34. The van der Waals surface area contributed by atoms with Crippen molar-refractivity contribution in [2.24, 2.45) is 0 Å². The van der Waals surface area contributed by atoms with Crippen molar-refractivity contribution in [1.82, 2.24) is 0 Å². The molecule has 1 aliphatic rings. The molecule has 1 aliphatic heterocycles. The third-order valence-corrected chi connectivity index (χ3v) is 3.56. The molecule has 0 amide bonds. The van der Waals surface area contributed by atoms with Gasteiger partial charge in [-0.2, -0.15) is 0 Å². The van der Waals surface area contributed by atoms with Crippen LogP contribution in [0.5, 0.6) is 0 Å². The summed E-state index contributed by atoms with van der Waals surface area (Å²) in [6.45, 7) is 0. The van der Waals surface area contributed by atoms with Crippen molar-refractivity contribution in [1.29, 1.82) is 0 Å². The summed E-state index contributed by atoms with van der Waals surface area (Å²) in [5, 5.41) is 1.18. The van der Waals surface area contributed by atoms with Gasteiger partial charge in [-0.05, 0) is 12.1 Å². The van der Waals surface area contributed by atoms with E-state index >= 15 is 0 Å². The number of hydrogen-bond acceptors (Lipinski definition) is 6. The van der Waals surface area contributed by atoms with Crippen molar-refractivity contribution >= 4 is 39.4 Å². The van der Waals surface area contributed by atoms with Gasteiger partial charge in [0, 0.05) is 10.8 Å². The number of carbonyl (C=O) groups is 2. The zero-order chi connectivity index (χ0) is 14.7. The van der Waals surface area contributed by atoms with E-state index in [4.69, 9.17) is 10.2 Å². The third-order valence-electron chi connectivity index (χ3n) is 3.56. The summed E-state index contributed by atoms with van der Waals surface area (Å²) >= 11 is 0. The highest BCUT2D eigenvalue weighted by molar-refractivity contribution is 6.23. The largest absolute Gasteiger partial charge is 0.422 e. The van der Waals surface area contributed by atoms with Gasteiger partial charge in [-0.15, -0.1) is 0 Å². The average Bonchev–Trinajstić information content (AvgIpc) is 2.74. The Kier molecular flexibility index (Phi) is 2.05. The van der Waals surface area contributed by atoms with Gasteiger partial charge < -0.3 is 14.9 Å². The third kappa shape index (κ3) is 1.38. The minimum absolute atomic E-state index is 0.0701. The summed E-state index contributed by atoms with van der Waals surface area (Å²) in [4.78, 5) is 35.5. The van der Waals surface area contributed by atoms with Crippen LogP contribution < -0.4 is 11.4 Å². The minimum Gasteiger partial charge on any atom is -0.422 e. The van der Waals surface area contributed by atoms with Crippen LogP contribution >= 0.6 is 0 Å². The van der Waals surface area contributed by atoms with Crippen molar-refractivity contribution in [3.05, 3.63) is 51.9 Å². The summed E-state index contributed by atoms with van der Waals surface area (Å²) < 4.78 is 9.75. The number of hydrogen-bond donors (Lipinski definition) is 1. The van der Waals surface area contributed by atoms with Gasteiger partial charge in [0.25, 0.3) is 0 Å². The number of rotatable bonds is 0. The van der Waals surface area contributed by atoms with Crippen molar-refractivity contribution < 1.29 is 18.7 Å². The summed E-state index contributed by atoms with van der Waals surface area (Å²) in [6.07, 6.45) is 0.